The fourth-order valence-electron chi connectivity index (χ4n) is 2.66. The molecule has 4 heteroatoms. The first-order valence-electron chi connectivity index (χ1n) is 9.80. The van der Waals surface area contributed by atoms with Crippen LogP contribution in [-0.4, -0.2) is 11.0 Å². The van der Waals surface area contributed by atoms with Crippen LogP contribution in [0.5, 0.6) is 11.5 Å². The van der Waals surface area contributed by atoms with Gasteiger partial charge in [-0.3, -0.25) is 0 Å². The molecule has 1 aromatic carbocycles. The van der Waals surface area contributed by atoms with Crippen LogP contribution in [-0.2, 0) is 0 Å². The largest absolute Gasteiger partial charge is 0.508 e. The van der Waals surface area contributed by atoms with Crippen LogP contribution in [0.25, 0.3) is 0 Å². The monoisotopic (exact) mass is 368 g/mol. The van der Waals surface area contributed by atoms with Gasteiger partial charge in [0.1, 0.15) is 17.3 Å². The zero-order valence-electron chi connectivity index (χ0n) is 16.7. The summed E-state index contributed by atoms with van der Waals surface area (Å²) in [6, 6.07) is 6.82. The maximum Gasteiger partial charge on any atom is 0.248 e. The lowest BCUT2D eigenvalue weighted by molar-refractivity contribution is -0.0310. The highest BCUT2D eigenvalue weighted by molar-refractivity contribution is 5.32. The predicted octanol–water partition coefficient (Wildman–Crippen LogP) is 7.48. The number of aromatic hydroxyl groups is 1. The number of rotatable bonds is 8. The summed E-state index contributed by atoms with van der Waals surface area (Å²) in [5, 5.41) is 9.09. The summed E-state index contributed by atoms with van der Waals surface area (Å²) in [6.07, 6.45) is 6.10. The minimum absolute atomic E-state index is 0.0590. The van der Waals surface area contributed by atoms with Gasteiger partial charge >= 0.3 is 0 Å². The van der Waals surface area contributed by atoms with Crippen LogP contribution in [0.2, 0.25) is 0 Å². The predicted molar refractivity (Wildman–Crippen MR) is 104 cm³/mol. The van der Waals surface area contributed by atoms with Gasteiger partial charge in [-0.2, -0.15) is 0 Å². The van der Waals surface area contributed by atoms with Gasteiger partial charge < -0.3 is 9.84 Å². The fourth-order valence-corrected chi connectivity index (χ4v) is 2.66. The van der Waals surface area contributed by atoms with Crippen LogP contribution in [0.4, 0.5) is 8.78 Å². The SMILES string of the molecule is CC(Oc1ccc(O)cc1)=C1CCC1.CCCCC(F)(F)CC(C)CC. The molecule has 0 aliphatic heterocycles. The lowest BCUT2D eigenvalue weighted by Crippen LogP contribution is -2.19. The van der Waals surface area contributed by atoms with E-state index in [9.17, 15) is 8.78 Å². The van der Waals surface area contributed by atoms with Crippen LogP contribution in [0, 0.1) is 5.92 Å². The van der Waals surface area contributed by atoms with E-state index in [0.29, 0.717) is 6.42 Å². The molecule has 1 atom stereocenters. The first-order chi connectivity index (χ1) is 12.3. The Morgan fingerprint density at radius 2 is 1.81 bits per heavy atom. The smallest absolute Gasteiger partial charge is 0.248 e. The van der Waals surface area contributed by atoms with Crippen LogP contribution in [0.1, 0.15) is 79.1 Å². The summed E-state index contributed by atoms with van der Waals surface area (Å²) in [7, 11) is 0. The molecule has 2 rings (SSSR count). The molecule has 1 saturated carbocycles. The molecule has 2 nitrogen and oxygen atoms in total. The molecule has 0 bridgehead atoms. The molecule has 0 radical (unpaired) electrons. The second kappa shape index (κ2) is 11.2. The molecule has 0 aromatic heterocycles. The van der Waals surface area contributed by atoms with Crippen molar-refractivity contribution in [1.82, 2.24) is 0 Å². The Labute approximate surface area is 157 Å². The third-order valence-electron chi connectivity index (χ3n) is 4.80. The van der Waals surface area contributed by atoms with Gasteiger partial charge in [-0.15, -0.1) is 0 Å². The van der Waals surface area contributed by atoms with Crippen molar-refractivity contribution in [2.24, 2.45) is 5.92 Å². The Balaban J connectivity index is 0.000000265. The molecule has 0 heterocycles. The molecule has 0 saturated heterocycles. The number of hydrogen-bond acceptors (Lipinski definition) is 2. The van der Waals surface area contributed by atoms with Crippen molar-refractivity contribution in [2.75, 3.05) is 0 Å². The van der Waals surface area contributed by atoms with Crippen molar-refractivity contribution in [2.45, 2.75) is 85.0 Å². The molecular weight excluding hydrogens is 334 g/mol. The van der Waals surface area contributed by atoms with E-state index in [1.165, 1.54) is 24.8 Å². The molecule has 1 fully saturated rings. The Hall–Kier alpha value is -1.58. The second-order valence-corrected chi connectivity index (χ2v) is 7.29. The third kappa shape index (κ3) is 8.68. The summed E-state index contributed by atoms with van der Waals surface area (Å²) < 4.78 is 31.7. The van der Waals surface area contributed by atoms with Gasteiger partial charge in [0.25, 0.3) is 0 Å². The van der Waals surface area contributed by atoms with E-state index in [1.807, 2.05) is 27.7 Å². The maximum absolute atomic E-state index is 13.0. The van der Waals surface area contributed by atoms with E-state index >= 15 is 0 Å². The number of phenolic OH excluding ortho intramolecular Hbond substituents is 1. The van der Waals surface area contributed by atoms with Gasteiger partial charge in [0.15, 0.2) is 0 Å². The molecule has 1 aromatic rings. The minimum atomic E-state index is -2.43. The summed E-state index contributed by atoms with van der Waals surface area (Å²) in [6.45, 7) is 7.79. The fraction of sp³-hybridized carbons (Fsp3) is 0.636. The van der Waals surface area contributed by atoms with E-state index in [2.05, 4.69) is 0 Å². The molecular formula is C22H34F2O2. The third-order valence-corrected chi connectivity index (χ3v) is 4.80. The molecule has 1 aliphatic rings. The van der Waals surface area contributed by atoms with E-state index in [4.69, 9.17) is 9.84 Å². The van der Waals surface area contributed by atoms with Crippen molar-refractivity contribution < 1.29 is 18.6 Å². The van der Waals surface area contributed by atoms with Crippen LogP contribution < -0.4 is 4.74 Å². The van der Waals surface area contributed by atoms with Crippen molar-refractivity contribution in [1.29, 1.82) is 0 Å². The molecule has 0 amide bonds. The number of alkyl halides is 2. The van der Waals surface area contributed by atoms with Gasteiger partial charge in [-0.05, 0) is 68.4 Å². The lowest BCUT2D eigenvalue weighted by Gasteiger charge is -2.19. The number of allylic oxidation sites excluding steroid dienone is 2. The summed E-state index contributed by atoms with van der Waals surface area (Å²) in [5.74, 6) is -0.198. The number of benzene rings is 1. The van der Waals surface area contributed by atoms with E-state index in [-0.39, 0.29) is 24.5 Å². The maximum atomic E-state index is 13.0. The highest BCUT2D eigenvalue weighted by Gasteiger charge is 2.29. The average molecular weight is 369 g/mol. The van der Waals surface area contributed by atoms with Crippen molar-refractivity contribution >= 4 is 0 Å². The van der Waals surface area contributed by atoms with Crippen molar-refractivity contribution in [3.8, 4) is 11.5 Å². The second-order valence-electron chi connectivity index (χ2n) is 7.29. The van der Waals surface area contributed by atoms with Crippen LogP contribution in [0.3, 0.4) is 0 Å². The topological polar surface area (TPSA) is 29.5 Å². The number of ether oxygens (including phenoxy) is 1. The molecule has 1 aliphatic carbocycles. The molecule has 1 unspecified atom stereocenters. The zero-order chi connectivity index (χ0) is 19.6. The van der Waals surface area contributed by atoms with Gasteiger partial charge in [0.05, 0.1) is 0 Å². The number of unbranched alkanes of at least 4 members (excludes halogenated alkanes) is 1. The van der Waals surface area contributed by atoms with Crippen LogP contribution in [0.15, 0.2) is 35.6 Å². The minimum Gasteiger partial charge on any atom is -0.508 e. The highest BCUT2D eigenvalue weighted by Crippen LogP contribution is 2.30. The molecule has 0 spiro atoms. The summed E-state index contributed by atoms with van der Waals surface area (Å²) >= 11 is 0. The van der Waals surface area contributed by atoms with Crippen molar-refractivity contribution in [3.05, 3.63) is 35.6 Å². The van der Waals surface area contributed by atoms with Crippen molar-refractivity contribution in [3.63, 3.8) is 0 Å². The highest BCUT2D eigenvalue weighted by atomic mass is 19.3. The average Bonchev–Trinajstić information content (AvgIpc) is 2.53. The first kappa shape index (κ1) is 22.5. The quantitative estimate of drug-likeness (QED) is 0.482. The van der Waals surface area contributed by atoms with Gasteiger partial charge in [0.2, 0.25) is 5.92 Å². The lowest BCUT2D eigenvalue weighted by atomic mass is 9.91. The molecule has 148 valence electrons. The van der Waals surface area contributed by atoms with E-state index < -0.39 is 5.92 Å². The van der Waals surface area contributed by atoms with E-state index in [0.717, 1.165) is 24.4 Å². The van der Waals surface area contributed by atoms with Gasteiger partial charge in [-0.25, -0.2) is 8.78 Å². The van der Waals surface area contributed by atoms with E-state index in [1.54, 1.807) is 24.3 Å². The standard InChI is InChI=1S/C12H14O2.C10H20F2/c1-9(10-3-2-4-10)14-12-7-5-11(13)6-8-12;1-4-6-7-10(11,12)8-9(3)5-2/h5-8,13H,2-4H2,1H3;9H,4-8H2,1-3H3. The normalized spacial score (nSPS) is 14.8. The summed E-state index contributed by atoms with van der Waals surface area (Å²) in [5.41, 5.74) is 1.41. The molecule has 26 heavy (non-hydrogen) atoms. The van der Waals surface area contributed by atoms with Crippen LogP contribution >= 0.6 is 0 Å². The Kier molecular flexibility index (Phi) is 9.68. The zero-order valence-corrected chi connectivity index (χ0v) is 16.7. The first-order valence-corrected chi connectivity index (χ1v) is 9.80. The molecule has 1 N–H and O–H groups in total. The number of hydrogen-bond donors (Lipinski definition) is 1. The van der Waals surface area contributed by atoms with Gasteiger partial charge in [-0.1, -0.05) is 33.6 Å². The number of halogens is 2. The summed E-state index contributed by atoms with van der Waals surface area (Å²) in [4.78, 5) is 0. The Morgan fingerprint density at radius 3 is 2.27 bits per heavy atom. The Morgan fingerprint density at radius 1 is 1.19 bits per heavy atom. The van der Waals surface area contributed by atoms with Gasteiger partial charge in [0, 0.05) is 12.8 Å². The number of phenols is 1. The Bertz CT molecular complexity index is 544.